The normalized spacial score (nSPS) is 10.5. The van der Waals surface area contributed by atoms with E-state index < -0.39 is 0 Å². The van der Waals surface area contributed by atoms with Crippen LogP contribution in [-0.4, -0.2) is 10.9 Å². The molecule has 0 aliphatic heterocycles. The van der Waals surface area contributed by atoms with E-state index in [0.717, 1.165) is 16.0 Å². The number of carbonyl (C=O) groups excluding carboxylic acids is 1. The third-order valence-corrected chi connectivity index (χ3v) is 4.42. The van der Waals surface area contributed by atoms with Crippen molar-refractivity contribution in [1.82, 2.24) is 0 Å². The highest BCUT2D eigenvalue weighted by Crippen LogP contribution is 2.31. The highest BCUT2D eigenvalue weighted by Gasteiger charge is 2.16. The van der Waals surface area contributed by atoms with Gasteiger partial charge in [0.25, 0.3) is 0 Å². The van der Waals surface area contributed by atoms with Crippen molar-refractivity contribution >= 4 is 17.1 Å². The van der Waals surface area contributed by atoms with Gasteiger partial charge in [0.1, 0.15) is 5.75 Å². The van der Waals surface area contributed by atoms with E-state index >= 15 is 0 Å². The number of thiophene rings is 1. The van der Waals surface area contributed by atoms with E-state index in [2.05, 4.69) is 0 Å². The van der Waals surface area contributed by atoms with Gasteiger partial charge in [0.05, 0.1) is 10.4 Å². The van der Waals surface area contributed by atoms with Crippen molar-refractivity contribution in [2.45, 2.75) is 6.92 Å². The van der Waals surface area contributed by atoms with E-state index in [0.29, 0.717) is 10.4 Å². The lowest BCUT2D eigenvalue weighted by atomic mass is 10.1. The first-order valence-corrected chi connectivity index (χ1v) is 7.46. The van der Waals surface area contributed by atoms with E-state index in [-0.39, 0.29) is 11.5 Å². The number of hydrogen-bond acceptors (Lipinski definition) is 3. The highest BCUT2D eigenvalue weighted by atomic mass is 32.1. The third-order valence-electron chi connectivity index (χ3n) is 3.28. The van der Waals surface area contributed by atoms with Crippen molar-refractivity contribution in [1.29, 1.82) is 0 Å². The molecule has 0 aliphatic rings. The summed E-state index contributed by atoms with van der Waals surface area (Å²) in [5, 5.41) is 9.87. The number of phenolic OH excluding ortho intramolecular Hbond substituents is 1. The van der Waals surface area contributed by atoms with Crippen LogP contribution in [0.25, 0.3) is 10.4 Å². The Hall–Kier alpha value is -2.39. The standard InChI is InChI=1S/C18H14O2S/c1-12-7-8-15(19)14(11-12)18(20)17-10-9-16(21-17)13-5-3-2-4-6-13/h2-11,19H,1H3. The summed E-state index contributed by atoms with van der Waals surface area (Å²) in [6.45, 7) is 1.90. The molecule has 3 rings (SSSR count). The minimum atomic E-state index is -0.136. The second-order valence-corrected chi connectivity index (χ2v) is 5.96. The number of ketones is 1. The number of carbonyl (C=O) groups is 1. The molecular formula is C18H14O2S. The van der Waals surface area contributed by atoms with Crippen LogP contribution < -0.4 is 0 Å². The quantitative estimate of drug-likeness (QED) is 0.713. The van der Waals surface area contributed by atoms with E-state index in [1.54, 1.807) is 18.2 Å². The van der Waals surface area contributed by atoms with Gasteiger partial charge in [-0.05, 0) is 36.8 Å². The van der Waals surface area contributed by atoms with Gasteiger partial charge in [-0.15, -0.1) is 11.3 Å². The van der Waals surface area contributed by atoms with Gasteiger partial charge in [0, 0.05) is 4.88 Å². The van der Waals surface area contributed by atoms with Crippen LogP contribution in [0.1, 0.15) is 20.8 Å². The smallest absolute Gasteiger partial charge is 0.206 e. The van der Waals surface area contributed by atoms with Crippen molar-refractivity contribution in [3.8, 4) is 16.2 Å². The predicted octanol–water partition coefficient (Wildman–Crippen LogP) is 4.66. The van der Waals surface area contributed by atoms with Crippen molar-refractivity contribution in [2.75, 3.05) is 0 Å². The lowest BCUT2D eigenvalue weighted by Crippen LogP contribution is -1.99. The fourth-order valence-electron chi connectivity index (χ4n) is 2.18. The topological polar surface area (TPSA) is 37.3 Å². The fourth-order valence-corrected chi connectivity index (χ4v) is 3.15. The van der Waals surface area contributed by atoms with Crippen molar-refractivity contribution in [2.24, 2.45) is 0 Å². The summed E-state index contributed by atoms with van der Waals surface area (Å²) in [7, 11) is 0. The van der Waals surface area contributed by atoms with Crippen LogP contribution in [0.3, 0.4) is 0 Å². The summed E-state index contributed by atoms with van der Waals surface area (Å²) < 4.78 is 0. The highest BCUT2D eigenvalue weighted by molar-refractivity contribution is 7.17. The third kappa shape index (κ3) is 2.73. The van der Waals surface area contributed by atoms with Crippen molar-refractivity contribution in [3.63, 3.8) is 0 Å². The first-order valence-electron chi connectivity index (χ1n) is 6.65. The van der Waals surface area contributed by atoms with Crippen LogP contribution in [0.15, 0.2) is 60.7 Å². The van der Waals surface area contributed by atoms with E-state index in [1.807, 2.05) is 49.4 Å². The number of aryl methyl sites for hydroxylation is 1. The van der Waals surface area contributed by atoms with Crippen LogP contribution in [0.2, 0.25) is 0 Å². The number of rotatable bonds is 3. The molecule has 3 heteroatoms. The predicted molar refractivity (Wildman–Crippen MR) is 86.0 cm³/mol. The molecular weight excluding hydrogens is 280 g/mol. The molecule has 0 fully saturated rings. The Labute approximate surface area is 127 Å². The average molecular weight is 294 g/mol. The molecule has 2 nitrogen and oxygen atoms in total. The first kappa shape index (κ1) is 13.6. The second kappa shape index (κ2) is 5.54. The van der Waals surface area contributed by atoms with Crippen LogP contribution in [0.4, 0.5) is 0 Å². The van der Waals surface area contributed by atoms with Crippen molar-refractivity contribution < 1.29 is 9.90 Å². The molecule has 1 aromatic heterocycles. The summed E-state index contributed by atoms with van der Waals surface area (Å²) in [6, 6.07) is 18.8. The molecule has 0 saturated carbocycles. The maximum absolute atomic E-state index is 12.5. The molecule has 0 spiro atoms. The lowest BCUT2D eigenvalue weighted by Gasteiger charge is -2.03. The van der Waals surface area contributed by atoms with Gasteiger partial charge < -0.3 is 5.11 Å². The van der Waals surface area contributed by atoms with Gasteiger partial charge in [-0.1, -0.05) is 42.0 Å². The number of aromatic hydroxyl groups is 1. The Morgan fingerprint density at radius 3 is 2.52 bits per heavy atom. The molecule has 1 heterocycles. The van der Waals surface area contributed by atoms with Gasteiger partial charge in [0.2, 0.25) is 5.78 Å². The zero-order valence-electron chi connectivity index (χ0n) is 11.5. The summed E-state index contributed by atoms with van der Waals surface area (Å²) in [5.41, 5.74) is 2.41. The van der Waals surface area contributed by atoms with E-state index in [9.17, 15) is 9.90 Å². The van der Waals surface area contributed by atoms with E-state index in [1.165, 1.54) is 11.3 Å². The average Bonchev–Trinajstić information content (AvgIpc) is 3.00. The van der Waals surface area contributed by atoms with Gasteiger partial charge in [0.15, 0.2) is 0 Å². The molecule has 21 heavy (non-hydrogen) atoms. The second-order valence-electron chi connectivity index (χ2n) is 4.88. The number of phenols is 1. The molecule has 0 amide bonds. The molecule has 0 aliphatic carbocycles. The van der Waals surface area contributed by atoms with E-state index in [4.69, 9.17) is 0 Å². The molecule has 1 N–H and O–H groups in total. The maximum atomic E-state index is 12.5. The minimum absolute atomic E-state index is 0.0280. The van der Waals surface area contributed by atoms with Gasteiger partial charge in [-0.2, -0.15) is 0 Å². The van der Waals surface area contributed by atoms with Gasteiger partial charge >= 0.3 is 0 Å². The molecule has 2 aromatic carbocycles. The Morgan fingerprint density at radius 1 is 1.00 bits per heavy atom. The van der Waals surface area contributed by atoms with Crippen LogP contribution in [0.5, 0.6) is 5.75 Å². The fraction of sp³-hybridized carbons (Fsp3) is 0.0556. The zero-order valence-corrected chi connectivity index (χ0v) is 12.4. The summed E-state index contributed by atoms with van der Waals surface area (Å²) >= 11 is 1.44. The molecule has 0 bridgehead atoms. The Balaban J connectivity index is 1.96. The molecule has 0 radical (unpaired) electrons. The lowest BCUT2D eigenvalue weighted by molar-refractivity contribution is 0.104. The van der Waals surface area contributed by atoms with Crippen molar-refractivity contribution in [3.05, 3.63) is 76.7 Å². The molecule has 0 saturated heterocycles. The molecule has 0 atom stereocenters. The van der Waals surface area contributed by atoms with Gasteiger partial charge in [-0.25, -0.2) is 0 Å². The monoisotopic (exact) mass is 294 g/mol. The number of hydrogen-bond donors (Lipinski definition) is 1. The zero-order chi connectivity index (χ0) is 14.8. The van der Waals surface area contributed by atoms with Gasteiger partial charge in [-0.3, -0.25) is 4.79 Å². The number of benzene rings is 2. The summed E-state index contributed by atoms with van der Waals surface area (Å²) in [4.78, 5) is 14.2. The molecule has 104 valence electrons. The van der Waals surface area contributed by atoms with Crippen LogP contribution in [-0.2, 0) is 0 Å². The van der Waals surface area contributed by atoms with Crippen LogP contribution >= 0.6 is 11.3 Å². The van der Waals surface area contributed by atoms with Crippen LogP contribution in [0, 0.1) is 6.92 Å². The largest absolute Gasteiger partial charge is 0.507 e. The minimum Gasteiger partial charge on any atom is -0.507 e. The summed E-state index contributed by atoms with van der Waals surface area (Å²) in [5.74, 6) is -0.108. The SMILES string of the molecule is Cc1ccc(O)c(C(=O)c2ccc(-c3ccccc3)s2)c1. The Bertz CT molecular complexity index is 788. The summed E-state index contributed by atoms with van der Waals surface area (Å²) in [6.07, 6.45) is 0. The first-order chi connectivity index (χ1) is 10.1. The Morgan fingerprint density at radius 2 is 1.76 bits per heavy atom. The molecule has 0 unspecified atom stereocenters. The maximum Gasteiger partial charge on any atom is 0.206 e. The molecule has 3 aromatic rings. The Kier molecular flexibility index (Phi) is 3.59.